The van der Waals surface area contributed by atoms with Crippen molar-refractivity contribution in [2.24, 2.45) is 7.05 Å². The molecular weight excluding hydrogens is 368 g/mol. The molecule has 1 amide bonds. The molecule has 7 nitrogen and oxygen atoms in total. The molecule has 0 fully saturated rings. The van der Waals surface area contributed by atoms with E-state index in [1.807, 2.05) is 50.7 Å². The molecular formula is C22H28N4O3. The third-order valence-corrected chi connectivity index (χ3v) is 5.45. The number of carbonyl (C=O) groups excluding carboxylic acids is 1. The molecule has 2 heterocycles. The van der Waals surface area contributed by atoms with E-state index in [1.54, 1.807) is 18.9 Å². The molecule has 0 spiro atoms. The zero-order valence-electron chi connectivity index (χ0n) is 18.2. The van der Waals surface area contributed by atoms with Crippen LogP contribution in [-0.2, 0) is 20.2 Å². The predicted molar refractivity (Wildman–Crippen MR) is 110 cm³/mol. The molecule has 3 aromatic rings. The summed E-state index contributed by atoms with van der Waals surface area (Å²) >= 11 is 0. The van der Waals surface area contributed by atoms with Gasteiger partial charge in [-0.15, -0.1) is 0 Å². The van der Waals surface area contributed by atoms with Crippen LogP contribution >= 0.6 is 0 Å². The first-order valence-corrected chi connectivity index (χ1v) is 9.58. The Morgan fingerprint density at radius 1 is 1.14 bits per heavy atom. The highest BCUT2D eigenvalue weighted by Gasteiger charge is 2.24. The van der Waals surface area contributed by atoms with Gasteiger partial charge >= 0.3 is 0 Å². The van der Waals surface area contributed by atoms with Crippen LogP contribution in [0.25, 0.3) is 0 Å². The summed E-state index contributed by atoms with van der Waals surface area (Å²) in [7, 11) is 3.66. The van der Waals surface area contributed by atoms with E-state index in [9.17, 15) is 4.79 Å². The van der Waals surface area contributed by atoms with Crippen LogP contribution in [0.5, 0.6) is 5.75 Å². The number of rotatable bonds is 6. The standard InChI is InChI=1S/C22H28N4O3/c1-13-8-9-18(10-14(13)2)28-12-20-17(5)29-24-21(20)22(27)25(6)11-19-15(3)23-26(7)16(19)4/h8-10H,11-12H2,1-7H3. The Labute approximate surface area is 171 Å². The molecule has 0 aliphatic heterocycles. The van der Waals surface area contributed by atoms with Gasteiger partial charge in [0.1, 0.15) is 18.1 Å². The van der Waals surface area contributed by atoms with Crippen LogP contribution in [0, 0.1) is 34.6 Å². The van der Waals surface area contributed by atoms with E-state index < -0.39 is 0 Å². The Bertz CT molecular complexity index is 1050. The van der Waals surface area contributed by atoms with Crippen LogP contribution in [-0.4, -0.2) is 32.8 Å². The Hall–Kier alpha value is -3.09. The zero-order chi connectivity index (χ0) is 21.3. The summed E-state index contributed by atoms with van der Waals surface area (Å²) in [5, 5.41) is 8.42. The van der Waals surface area contributed by atoms with E-state index in [1.165, 1.54) is 5.56 Å². The Balaban J connectivity index is 1.76. The summed E-state index contributed by atoms with van der Waals surface area (Å²) in [6.07, 6.45) is 0. The van der Waals surface area contributed by atoms with Crippen molar-refractivity contribution < 1.29 is 14.1 Å². The van der Waals surface area contributed by atoms with E-state index >= 15 is 0 Å². The molecule has 0 saturated carbocycles. The van der Waals surface area contributed by atoms with Crippen molar-refractivity contribution in [2.45, 2.75) is 47.8 Å². The maximum Gasteiger partial charge on any atom is 0.276 e. The molecule has 0 atom stereocenters. The molecule has 1 aromatic carbocycles. The highest BCUT2D eigenvalue weighted by Crippen LogP contribution is 2.22. The maximum atomic E-state index is 13.0. The highest BCUT2D eigenvalue weighted by molar-refractivity contribution is 5.93. The van der Waals surface area contributed by atoms with Gasteiger partial charge in [0.15, 0.2) is 5.69 Å². The van der Waals surface area contributed by atoms with Crippen LogP contribution in [0.15, 0.2) is 22.7 Å². The number of hydrogen-bond donors (Lipinski definition) is 0. The van der Waals surface area contributed by atoms with Crippen molar-refractivity contribution in [3.05, 3.63) is 63.3 Å². The summed E-state index contributed by atoms with van der Waals surface area (Å²) in [6, 6.07) is 5.93. The molecule has 0 aliphatic rings. The number of aryl methyl sites for hydroxylation is 5. The fraction of sp³-hybridized carbons (Fsp3) is 0.409. The molecule has 3 rings (SSSR count). The number of nitrogens with zero attached hydrogens (tertiary/aromatic N) is 4. The van der Waals surface area contributed by atoms with Crippen molar-refractivity contribution >= 4 is 5.91 Å². The second-order valence-electron chi connectivity index (χ2n) is 7.53. The summed E-state index contributed by atoms with van der Waals surface area (Å²) in [6.45, 7) is 10.5. The van der Waals surface area contributed by atoms with Crippen molar-refractivity contribution in [1.82, 2.24) is 19.8 Å². The lowest BCUT2D eigenvalue weighted by Gasteiger charge is -2.17. The number of amides is 1. The number of aromatic nitrogens is 3. The van der Waals surface area contributed by atoms with Crippen molar-refractivity contribution in [2.75, 3.05) is 7.05 Å². The van der Waals surface area contributed by atoms with Crippen LogP contribution in [0.3, 0.4) is 0 Å². The molecule has 7 heteroatoms. The monoisotopic (exact) mass is 396 g/mol. The van der Waals surface area contributed by atoms with Crippen LogP contribution < -0.4 is 4.74 Å². The second kappa shape index (κ2) is 8.11. The number of ether oxygens (including phenoxy) is 1. The second-order valence-corrected chi connectivity index (χ2v) is 7.53. The number of carbonyl (C=O) groups is 1. The van der Waals surface area contributed by atoms with E-state index in [0.29, 0.717) is 17.9 Å². The molecule has 154 valence electrons. The van der Waals surface area contributed by atoms with E-state index in [-0.39, 0.29) is 18.2 Å². The summed E-state index contributed by atoms with van der Waals surface area (Å²) in [4.78, 5) is 14.7. The summed E-state index contributed by atoms with van der Waals surface area (Å²) in [5.74, 6) is 1.13. The minimum Gasteiger partial charge on any atom is -0.489 e. The van der Waals surface area contributed by atoms with Gasteiger partial charge in [-0.05, 0) is 57.9 Å². The van der Waals surface area contributed by atoms with E-state index in [0.717, 1.165) is 28.3 Å². The molecule has 29 heavy (non-hydrogen) atoms. The Morgan fingerprint density at radius 3 is 2.48 bits per heavy atom. The van der Waals surface area contributed by atoms with Gasteiger partial charge in [-0.3, -0.25) is 9.48 Å². The van der Waals surface area contributed by atoms with Crippen molar-refractivity contribution in [3.63, 3.8) is 0 Å². The van der Waals surface area contributed by atoms with E-state index in [4.69, 9.17) is 9.26 Å². The van der Waals surface area contributed by atoms with Gasteiger partial charge in [0.05, 0.1) is 11.3 Å². The maximum absolute atomic E-state index is 13.0. The predicted octanol–water partition coefficient (Wildman–Crippen LogP) is 3.80. The Kier molecular flexibility index (Phi) is 5.77. The van der Waals surface area contributed by atoms with Crippen LogP contribution in [0.1, 0.15) is 49.9 Å². The first-order chi connectivity index (χ1) is 13.7. The fourth-order valence-electron chi connectivity index (χ4n) is 3.22. The lowest BCUT2D eigenvalue weighted by atomic mass is 10.1. The normalized spacial score (nSPS) is 11.0. The summed E-state index contributed by atoms with van der Waals surface area (Å²) in [5.41, 5.74) is 6.31. The molecule has 0 N–H and O–H groups in total. The first kappa shape index (κ1) is 20.6. The van der Waals surface area contributed by atoms with Crippen molar-refractivity contribution in [3.8, 4) is 5.75 Å². The van der Waals surface area contributed by atoms with E-state index in [2.05, 4.69) is 17.2 Å². The number of hydrogen-bond acceptors (Lipinski definition) is 5. The molecule has 0 unspecified atom stereocenters. The quantitative estimate of drug-likeness (QED) is 0.634. The molecule has 2 aromatic heterocycles. The van der Waals surface area contributed by atoms with Gasteiger partial charge in [-0.25, -0.2) is 0 Å². The molecule has 0 saturated heterocycles. The van der Waals surface area contributed by atoms with Gasteiger partial charge in [-0.2, -0.15) is 5.10 Å². The van der Waals surface area contributed by atoms with Crippen LogP contribution in [0.4, 0.5) is 0 Å². The molecule has 0 bridgehead atoms. The van der Waals surface area contributed by atoms with Gasteiger partial charge in [0.2, 0.25) is 0 Å². The SMILES string of the molecule is Cc1ccc(OCc2c(C(=O)N(C)Cc3c(C)nn(C)c3C)noc2C)cc1C. The smallest absolute Gasteiger partial charge is 0.276 e. The average molecular weight is 396 g/mol. The number of benzene rings is 1. The van der Waals surface area contributed by atoms with Gasteiger partial charge in [0, 0.05) is 31.9 Å². The highest BCUT2D eigenvalue weighted by atomic mass is 16.5. The minimum absolute atomic E-state index is 0.205. The Morgan fingerprint density at radius 2 is 1.86 bits per heavy atom. The minimum atomic E-state index is -0.205. The average Bonchev–Trinajstić information content (AvgIpc) is 3.16. The van der Waals surface area contributed by atoms with Gasteiger partial charge < -0.3 is 14.2 Å². The van der Waals surface area contributed by atoms with Crippen LogP contribution in [0.2, 0.25) is 0 Å². The summed E-state index contributed by atoms with van der Waals surface area (Å²) < 4.78 is 13.0. The lowest BCUT2D eigenvalue weighted by molar-refractivity contribution is 0.0772. The third kappa shape index (κ3) is 4.18. The molecule has 0 radical (unpaired) electrons. The molecule has 0 aliphatic carbocycles. The van der Waals surface area contributed by atoms with Gasteiger partial charge in [-0.1, -0.05) is 11.2 Å². The lowest BCUT2D eigenvalue weighted by Crippen LogP contribution is -2.28. The first-order valence-electron chi connectivity index (χ1n) is 9.58. The third-order valence-electron chi connectivity index (χ3n) is 5.45. The largest absolute Gasteiger partial charge is 0.489 e. The topological polar surface area (TPSA) is 73.4 Å². The zero-order valence-corrected chi connectivity index (χ0v) is 18.2. The fourth-order valence-corrected chi connectivity index (χ4v) is 3.22. The van der Waals surface area contributed by atoms with Gasteiger partial charge in [0.25, 0.3) is 5.91 Å². The van der Waals surface area contributed by atoms with Crippen molar-refractivity contribution in [1.29, 1.82) is 0 Å².